The summed E-state index contributed by atoms with van der Waals surface area (Å²) < 4.78 is 16.5. The van der Waals surface area contributed by atoms with Crippen molar-refractivity contribution >= 4 is 11.6 Å². The van der Waals surface area contributed by atoms with Crippen LogP contribution in [0.2, 0.25) is 0 Å². The summed E-state index contributed by atoms with van der Waals surface area (Å²) in [5.74, 6) is 3.28. The van der Waals surface area contributed by atoms with E-state index in [0.717, 1.165) is 24.2 Å². The first-order chi connectivity index (χ1) is 14.2. The zero-order chi connectivity index (χ0) is 19.8. The molecular formula is C21H20N4O4. The average molecular weight is 392 g/mol. The lowest BCUT2D eigenvalue weighted by Crippen LogP contribution is -2.18. The molecule has 5 rings (SSSR count). The van der Waals surface area contributed by atoms with Crippen molar-refractivity contribution in [3.8, 4) is 28.6 Å². The Balaban J connectivity index is 1.38. The van der Waals surface area contributed by atoms with Crippen molar-refractivity contribution < 1.29 is 19.0 Å². The summed E-state index contributed by atoms with van der Waals surface area (Å²) in [6, 6.07) is 10.8. The number of ether oxygens (including phenoxy) is 3. The predicted molar refractivity (Wildman–Crippen MR) is 106 cm³/mol. The van der Waals surface area contributed by atoms with Gasteiger partial charge in [-0.1, -0.05) is 12.1 Å². The van der Waals surface area contributed by atoms with E-state index in [2.05, 4.69) is 20.5 Å². The number of aromatic nitrogens is 3. The van der Waals surface area contributed by atoms with Gasteiger partial charge in [0, 0.05) is 22.7 Å². The maximum Gasteiger partial charge on any atom is 0.255 e. The molecule has 2 N–H and O–H groups in total. The van der Waals surface area contributed by atoms with E-state index < -0.39 is 0 Å². The fraction of sp³-hybridized carbons (Fsp3) is 0.286. The second-order valence-electron chi connectivity index (χ2n) is 7.06. The predicted octanol–water partition coefficient (Wildman–Crippen LogP) is 3.38. The number of amides is 1. The Kier molecular flexibility index (Phi) is 4.31. The van der Waals surface area contributed by atoms with Gasteiger partial charge in [0.05, 0.1) is 7.11 Å². The van der Waals surface area contributed by atoms with Gasteiger partial charge in [-0.15, -0.1) is 0 Å². The van der Waals surface area contributed by atoms with E-state index >= 15 is 0 Å². The molecule has 0 bridgehead atoms. The highest BCUT2D eigenvalue weighted by Crippen LogP contribution is 2.41. The molecule has 0 radical (unpaired) electrons. The van der Waals surface area contributed by atoms with Gasteiger partial charge in [-0.25, -0.2) is 4.98 Å². The summed E-state index contributed by atoms with van der Waals surface area (Å²) in [7, 11) is 1.53. The fourth-order valence-electron chi connectivity index (χ4n) is 3.29. The molecule has 0 saturated heterocycles. The summed E-state index contributed by atoms with van der Waals surface area (Å²) >= 11 is 0. The molecule has 1 aliphatic carbocycles. The number of nitrogens with zero attached hydrogens (tertiary/aromatic N) is 2. The van der Waals surface area contributed by atoms with Gasteiger partial charge in [-0.2, -0.15) is 5.10 Å². The number of benzene rings is 2. The highest BCUT2D eigenvalue weighted by Gasteiger charge is 2.27. The molecule has 0 unspecified atom stereocenters. The fourth-order valence-corrected chi connectivity index (χ4v) is 3.29. The molecule has 2 heterocycles. The van der Waals surface area contributed by atoms with Gasteiger partial charge in [0.1, 0.15) is 19.0 Å². The standard InChI is InChI=1S/C21H20N4O4/c1-27-16-10-14(11-17-18(16)29-8-7-28-17)21(26)22-15-4-2-3-13(9-15)20-23-19(24-25-20)12-5-6-12/h2-4,9-12H,5-8H2,1H3,(H,22,26)(H,23,24,25). The minimum absolute atomic E-state index is 0.272. The molecule has 0 spiro atoms. The molecule has 2 aromatic carbocycles. The molecule has 2 aliphatic rings. The van der Waals surface area contributed by atoms with Crippen LogP contribution in [-0.2, 0) is 0 Å². The van der Waals surface area contributed by atoms with Gasteiger partial charge < -0.3 is 19.5 Å². The first-order valence-corrected chi connectivity index (χ1v) is 9.53. The Bertz CT molecular complexity index is 1060. The molecule has 1 amide bonds. The van der Waals surface area contributed by atoms with Crippen molar-refractivity contribution in [3.63, 3.8) is 0 Å². The number of aromatic amines is 1. The number of H-pyrrole nitrogens is 1. The van der Waals surface area contributed by atoms with E-state index in [4.69, 9.17) is 14.2 Å². The van der Waals surface area contributed by atoms with Gasteiger partial charge >= 0.3 is 0 Å². The van der Waals surface area contributed by atoms with E-state index in [-0.39, 0.29) is 5.91 Å². The zero-order valence-electron chi connectivity index (χ0n) is 15.9. The molecule has 0 atom stereocenters. The molecule has 1 aliphatic heterocycles. The number of hydrogen-bond donors (Lipinski definition) is 2. The SMILES string of the molecule is COc1cc(C(=O)Nc2cccc(-c3n[nH]c(C4CC4)n3)c2)cc2c1OCCO2. The molecule has 29 heavy (non-hydrogen) atoms. The van der Waals surface area contributed by atoms with Crippen molar-refractivity contribution in [1.29, 1.82) is 0 Å². The first-order valence-electron chi connectivity index (χ1n) is 9.53. The van der Waals surface area contributed by atoms with Crippen molar-refractivity contribution in [2.24, 2.45) is 0 Å². The monoisotopic (exact) mass is 392 g/mol. The number of fused-ring (bicyclic) bond motifs is 1. The first kappa shape index (κ1) is 17.5. The Morgan fingerprint density at radius 1 is 1.21 bits per heavy atom. The number of methoxy groups -OCH3 is 1. The summed E-state index contributed by atoms with van der Waals surface area (Å²) in [6.07, 6.45) is 2.31. The van der Waals surface area contributed by atoms with Crippen LogP contribution < -0.4 is 19.5 Å². The second-order valence-corrected chi connectivity index (χ2v) is 7.06. The number of hydrogen-bond acceptors (Lipinski definition) is 6. The van der Waals surface area contributed by atoms with Gasteiger partial charge in [0.2, 0.25) is 5.75 Å². The summed E-state index contributed by atoms with van der Waals surface area (Å²) in [4.78, 5) is 17.4. The third-order valence-corrected chi connectivity index (χ3v) is 4.94. The average Bonchev–Trinajstić information content (AvgIpc) is 3.49. The Morgan fingerprint density at radius 3 is 2.90 bits per heavy atom. The Morgan fingerprint density at radius 2 is 2.07 bits per heavy atom. The Labute approximate surface area is 167 Å². The molecule has 1 saturated carbocycles. The topological polar surface area (TPSA) is 98.4 Å². The van der Waals surface area contributed by atoms with E-state index in [1.165, 1.54) is 7.11 Å². The van der Waals surface area contributed by atoms with Crippen molar-refractivity contribution in [1.82, 2.24) is 15.2 Å². The number of anilines is 1. The zero-order valence-corrected chi connectivity index (χ0v) is 15.9. The van der Waals surface area contributed by atoms with Crippen LogP contribution in [0.5, 0.6) is 17.2 Å². The number of nitrogens with one attached hydrogen (secondary N) is 2. The highest BCUT2D eigenvalue weighted by molar-refractivity contribution is 6.05. The minimum Gasteiger partial charge on any atom is -0.493 e. The van der Waals surface area contributed by atoms with E-state index in [1.807, 2.05) is 24.3 Å². The normalized spacial score (nSPS) is 15.1. The van der Waals surface area contributed by atoms with Crippen LogP contribution in [0.3, 0.4) is 0 Å². The molecule has 148 valence electrons. The van der Waals surface area contributed by atoms with Gasteiger partial charge in [-0.05, 0) is 37.1 Å². The van der Waals surface area contributed by atoms with Crippen LogP contribution in [0.1, 0.15) is 34.9 Å². The van der Waals surface area contributed by atoms with Gasteiger partial charge in [0.25, 0.3) is 5.91 Å². The summed E-state index contributed by atoms with van der Waals surface area (Å²) in [6.45, 7) is 0.883. The van der Waals surface area contributed by atoms with E-state index in [1.54, 1.807) is 12.1 Å². The highest BCUT2D eigenvalue weighted by atomic mass is 16.6. The number of rotatable bonds is 5. The maximum atomic E-state index is 12.8. The quantitative estimate of drug-likeness (QED) is 0.691. The van der Waals surface area contributed by atoms with Crippen LogP contribution >= 0.6 is 0 Å². The lowest BCUT2D eigenvalue weighted by atomic mass is 10.1. The molecular weight excluding hydrogens is 372 g/mol. The maximum absolute atomic E-state index is 12.8. The lowest BCUT2D eigenvalue weighted by Gasteiger charge is -2.21. The van der Waals surface area contributed by atoms with Crippen LogP contribution in [0.15, 0.2) is 36.4 Å². The third-order valence-electron chi connectivity index (χ3n) is 4.94. The van der Waals surface area contributed by atoms with Gasteiger partial charge in [-0.3, -0.25) is 9.89 Å². The second kappa shape index (κ2) is 7.12. The molecule has 8 heteroatoms. The molecule has 1 aromatic heterocycles. The van der Waals surface area contributed by atoms with Crippen LogP contribution in [0.25, 0.3) is 11.4 Å². The largest absolute Gasteiger partial charge is 0.493 e. The summed E-state index contributed by atoms with van der Waals surface area (Å²) in [5, 5.41) is 10.2. The summed E-state index contributed by atoms with van der Waals surface area (Å²) in [5.41, 5.74) is 1.91. The third kappa shape index (κ3) is 3.49. The lowest BCUT2D eigenvalue weighted by molar-refractivity contribution is 0.102. The van der Waals surface area contributed by atoms with Gasteiger partial charge in [0.15, 0.2) is 17.3 Å². The van der Waals surface area contributed by atoms with Crippen molar-refractivity contribution in [3.05, 3.63) is 47.8 Å². The molecule has 8 nitrogen and oxygen atoms in total. The van der Waals surface area contributed by atoms with Crippen LogP contribution in [-0.4, -0.2) is 41.4 Å². The van der Waals surface area contributed by atoms with E-state index in [9.17, 15) is 4.79 Å². The molecule has 1 fully saturated rings. The van der Waals surface area contributed by atoms with Crippen LogP contribution in [0.4, 0.5) is 5.69 Å². The minimum atomic E-state index is -0.272. The Hall–Kier alpha value is -3.55. The van der Waals surface area contributed by atoms with Crippen molar-refractivity contribution in [2.75, 3.05) is 25.6 Å². The number of carbonyl (C=O) groups excluding carboxylic acids is 1. The number of carbonyl (C=O) groups is 1. The van der Waals surface area contributed by atoms with Crippen molar-refractivity contribution in [2.45, 2.75) is 18.8 Å². The molecule has 3 aromatic rings. The van der Waals surface area contributed by atoms with E-state index in [0.29, 0.717) is 53.5 Å². The smallest absolute Gasteiger partial charge is 0.255 e. The van der Waals surface area contributed by atoms with Crippen LogP contribution in [0, 0.1) is 0 Å².